The zero-order valence-electron chi connectivity index (χ0n) is 10.0. The van der Waals surface area contributed by atoms with E-state index in [4.69, 9.17) is 0 Å². The molecule has 14 heavy (non-hydrogen) atoms. The Balaban J connectivity index is 4.32. The standard InChI is InChI=1S/C12H18Si2/c1-13(2,3)11-9-7-8-10-12-14(4,5)6/h1-6H3. The lowest BCUT2D eigenvalue weighted by Crippen LogP contribution is -2.16. The highest BCUT2D eigenvalue weighted by Gasteiger charge is 2.07. The van der Waals surface area contributed by atoms with Crippen molar-refractivity contribution < 1.29 is 0 Å². The van der Waals surface area contributed by atoms with E-state index in [2.05, 4.69) is 74.1 Å². The van der Waals surface area contributed by atoms with Gasteiger partial charge in [0.25, 0.3) is 0 Å². The lowest BCUT2D eigenvalue weighted by molar-refractivity contribution is 1.81. The molecule has 0 saturated heterocycles. The minimum atomic E-state index is -1.26. The van der Waals surface area contributed by atoms with Crippen LogP contribution in [0.3, 0.4) is 0 Å². The second kappa shape index (κ2) is 5.11. The van der Waals surface area contributed by atoms with Crippen LogP contribution in [0.2, 0.25) is 39.3 Å². The Bertz CT molecular complexity index is 323. The van der Waals surface area contributed by atoms with Crippen LogP contribution in [0, 0.1) is 34.8 Å². The Morgan fingerprint density at radius 1 is 0.500 bits per heavy atom. The van der Waals surface area contributed by atoms with Crippen LogP contribution in [0.4, 0.5) is 0 Å². The molecule has 2 heteroatoms. The highest BCUT2D eigenvalue weighted by atomic mass is 28.3. The first kappa shape index (κ1) is 13.1. The maximum Gasteiger partial charge on any atom is 0.130 e. The molecular formula is C12H18Si2. The third-order valence-electron chi connectivity index (χ3n) is 1.06. The maximum atomic E-state index is 3.18. The molecule has 0 atom stereocenters. The highest BCUT2D eigenvalue weighted by molar-refractivity contribution is 6.84. The zero-order chi connectivity index (χ0) is 11.2. The van der Waals surface area contributed by atoms with Crippen LogP contribution in [0.5, 0.6) is 0 Å². The van der Waals surface area contributed by atoms with Gasteiger partial charge in [-0.05, 0) is 23.7 Å². The van der Waals surface area contributed by atoms with Crippen molar-refractivity contribution in [3.63, 3.8) is 0 Å². The van der Waals surface area contributed by atoms with Gasteiger partial charge in [0, 0.05) is 0 Å². The van der Waals surface area contributed by atoms with Crippen molar-refractivity contribution in [1.82, 2.24) is 0 Å². The summed E-state index contributed by atoms with van der Waals surface area (Å²) in [7, 11) is -2.51. The lowest BCUT2D eigenvalue weighted by Gasteiger charge is -2.01. The summed E-state index contributed by atoms with van der Waals surface area (Å²) in [5.74, 6) is 11.3. The van der Waals surface area contributed by atoms with Gasteiger partial charge in [0.1, 0.15) is 16.1 Å². The summed E-state index contributed by atoms with van der Waals surface area (Å²) in [5.41, 5.74) is 6.36. The Kier molecular flexibility index (Phi) is 4.79. The summed E-state index contributed by atoms with van der Waals surface area (Å²) in [5, 5.41) is 0. The smallest absolute Gasteiger partial charge is 0.118 e. The highest BCUT2D eigenvalue weighted by Crippen LogP contribution is 1.96. The summed E-state index contributed by atoms with van der Waals surface area (Å²) in [4.78, 5) is 0. The monoisotopic (exact) mass is 218 g/mol. The van der Waals surface area contributed by atoms with Gasteiger partial charge in [-0.25, -0.2) is 0 Å². The average Bonchev–Trinajstić information content (AvgIpc) is 1.92. The van der Waals surface area contributed by atoms with Gasteiger partial charge in [0.15, 0.2) is 0 Å². The van der Waals surface area contributed by atoms with Gasteiger partial charge in [0.2, 0.25) is 0 Å². The van der Waals surface area contributed by atoms with Gasteiger partial charge >= 0.3 is 0 Å². The zero-order valence-corrected chi connectivity index (χ0v) is 12.0. The third kappa shape index (κ3) is 11.1. The summed E-state index contributed by atoms with van der Waals surface area (Å²) in [6.07, 6.45) is 0. The van der Waals surface area contributed by atoms with Gasteiger partial charge < -0.3 is 0 Å². The molecule has 0 aliphatic rings. The van der Waals surface area contributed by atoms with E-state index < -0.39 is 16.1 Å². The average molecular weight is 218 g/mol. The first-order chi connectivity index (χ1) is 6.21. The van der Waals surface area contributed by atoms with E-state index in [0.717, 1.165) is 0 Å². The molecule has 0 saturated carbocycles. The van der Waals surface area contributed by atoms with Gasteiger partial charge in [-0.2, -0.15) is 0 Å². The molecule has 0 aliphatic heterocycles. The lowest BCUT2D eigenvalue weighted by atomic mass is 10.6. The fourth-order valence-electron chi connectivity index (χ4n) is 0.500. The molecule has 0 aliphatic carbocycles. The van der Waals surface area contributed by atoms with Crippen LogP contribution < -0.4 is 0 Å². The summed E-state index contributed by atoms with van der Waals surface area (Å²) in [6.45, 7) is 13.2. The summed E-state index contributed by atoms with van der Waals surface area (Å²) >= 11 is 0. The summed E-state index contributed by atoms with van der Waals surface area (Å²) < 4.78 is 0. The van der Waals surface area contributed by atoms with Crippen LogP contribution in [0.25, 0.3) is 0 Å². The Morgan fingerprint density at radius 2 is 0.786 bits per heavy atom. The molecule has 74 valence electrons. The van der Waals surface area contributed by atoms with Gasteiger partial charge in [0.05, 0.1) is 0 Å². The van der Waals surface area contributed by atoms with Gasteiger partial charge in [-0.15, -0.1) is 11.1 Å². The molecule has 0 spiro atoms. The van der Waals surface area contributed by atoms with E-state index in [9.17, 15) is 0 Å². The van der Waals surface area contributed by atoms with Crippen LogP contribution >= 0.6 is 0 Å². The van der Waals surface area contributed by atoms with Crippen molar-refractivity contribution >= 4 is 16.1 Å². The quantitative estimate of drug-likeness (QED) is 0.433. The van der Waals surface area contributed by atoms with E-state index in [1.165, 1.54) is 0 Å². The minimum Gasteiger partial charge on any atom is -0.118 e. The molecular weight excluding hydrogens is 200 g/mol. The van der Waals surface area contributed by atoms with Crippen LogP contribution in [0.1, 0.15) is 0 Å². The van der Waals surface area contributed by atoms with E-state index >= 15 is 0 Å². The first-order valence-electron chi connectivity index (χ1n) is 4.75. The molecule has 0 heterocycles. The topological polar surface area (TPSA) is 0 Å². The van der Waals surface area contributed by atoms with Crippen LogP contribution in [-0.2, 0) is 0 Å². The number of hydrogen-bond acceptors (Lipinski definition) is 0. The van der Waals surface area contributed by atoms with E-state index in [0.29, 0.717) is 0 Å². The minimum absolute atomic E-state index is 1.26. The van der Waals surface area contributed by atoms with Gasteiger partial charge in [-0.3, -0.25) is 0 Å². The second-order valence-electron chi connectivity index (χ2n) is 5.25. The van der Waals surface area contributed by atoms with Crippen molar-refractivity contribution in [3.05, 3.63) is 0 Å². The van der Waals surface area contributed by atoms with Crippen molar-refractivity contribution in [1.29, 1.82) is 0 Å². The van der Waals surface area contributed by atoms with Crippen molar-refractivity contribution in [2.24, 2.45) is 0 Å². The molecule has 0 unspecified atom stereocenters. The largest absolute Gasteiger partial charge is 0.130 e. The Labute approximate surface area is 90.5 Å². The fourth-order valence-corrected chi connectivity index (χ4v) is 1.38. The van der Waals surface area contributed by atoms with Crippen molar-refractivity contribution in [2.45, 2.75) is 39.3 Å². The molecule has 0 amide bonds. The fraction of sp³-hybridized carbons (Fsp3) is 0.500. The Morgan fingerprint density at radius 3 is 1.00 bits per heavy atom. The van der Waals surface area contributed by atoms with Crippen LogP contribution in [0.15, 0.2) is 0 Å². The van der Waals surface area contributed by atoms with E-state index in [1.54, 1.807) is 0 Å². The first-order valence-corrected chi connectivity index (χ1v) is 11.8. The predicted molar refractivity (Wildman–Crippen MR) is 70.0 cm³/mol. The SMILES string of the molecule is C[Si](C)(C)C#CC#CC#C[Si](C)(C)C. The van der Waals surface area contributed by atoms with E-state index in [1.807, 2.05) is 0 Å². The molecule has 0 bridgehead atoms. The Hall–Kier alpha value is -0.886. The molecule has 0 aromatic carbocycles. The molecule has 0 aromatic heterocycles. The third-order valence-corrected chi connectivity index (χ3v) is 2.81. The number of hydrogen-bond donors (Lipinski definition) is 0. The predicted octanol–water partition coefficient (Wildman–Crippen LogP) is 2.75. The molecule has 0 fully saturated rings. The molecule has 0 rings (SSSR count). The van der Waals surface area contributed by atoms with Crippen molar-refractivity contribution in [2.75, 3.05) is 0 Å². The van der Waals surface area contributed by atoms with Crippen LogP contribution in [-0.4, -0.2) is 16.1 Å². The second-order valence-corrected chi connectivity index (χ2v) is 14.8. The maximum absolute atomic E-state index is 3.18. The summed E-state index contributed by atoms with van der Waals surface area (Å²) in [6, 6.07) is 0. The van der Waals surface area contributed by atoms with Crippen molar-refractivity contribution in [3.8, 4) is 34.8 Å². The molecule has 0 nitrogen and oxygen atoms in total. The van der Waals surface area contributed by atoms with Gasteiger partial charge in [-0.1, -0.05) is 39.3 Å². The van der Waals surface area contributed by atoms with E-state index in [-0.39, 0.29) is 0 Å². The number of rotatable bonds is 0. The molecule has 0 N–H and O–H groups in total. The normalized spacial score (nSPS) is 9.86. The molecule has 0 aromatic rings. The molecule has 0 radical (unpaired) electrons.